The van der Waals surface area contributed by atoms with E-state index >= 15 is 0 Å². The number of aliphatic hydroxyl groups is 1. The molecule has 28 heavy (non-hydrogen) atoms. The second kappa shape index (κ2) is 7.13. The Hall–Kier alpha value is -2.54. The van der Waals surface area contributed by atoms with Crippen LogP contribution in [0.1, 0.15) is 17.9 Å². The summed E-state index contributed by atoms with van der Waals surface area (Å²) in [7, 11) is 1.91. The summed E-state index contributed by atoms with van der Waals surface area (Å²) in [6.07, 6.45) is -0.169. The van der Waals surface area contributed by atoms with Crippen molar-refractivity contribution in [1.82, 2.24) is 4.90 Å². The molecule has 7 heteroatoms. The van der Waals surface area contributed by atoms with Crippen molar-refractivity contribution in [3.8, 4) is 22.8 Å². The van der Waals surface area contributed by atoms with Crippen LogP contribution >= 0.6 is 11.6 Å². The summed E-state index contributed by atoms with van der Waals surface area (Å²) in [4.78, 5) is 14.8. The van der Waals surface area contributed by atoms with Crippen molar-refractivity contribution in [2.45, 2.75) is 18.4 Å². The van der Waals surface area contributed by atoms with Gasteiger partial charge in [-0.2, -0.15) is 0 Å². The van der Waals surface area contributed by atoms with Gasteiger partial charge in [0.1, 0.15) is 28.2 Å². The quantitative estimate of drug-likeness (QED) is 0.610. The monoisotopic (exact) mass is 401 g/mol. The lowest BCUT2D eigenvalue weighted by atomic mass is 9.85. The molecule has 2 atom stereocenters. The molecular weight excluding hydrogens is 382 g/mol. The standard InChI is InChI=1S/C21H20ClNO5/c1-23-7-6-12(17(27)10-23)19-14(24)8-15(25)20-16(26)9-18(28-21(19)20)11-4-2-3-5-13(11)22/h2-5,8-9,12,17,24-25,27H,6-7,10H2,1H3/t12?,17-/m1/s1. The number of piperidine rings is 1. The van der Waals surface area contributed by atoms with Crippen molar-refractivity contribution in [1.29, 1.82) is 0 Å². The molecule has 1 fully saturated rings. The minimum Gasteiger partial charge on any atom is -0.507 e. The van der Waals surface area contributed by atoms with Crippen molar-refractivity contribution in [2.24, 2.45) is 0 Å². The average molecular weight is 402 g/mol. The van der Waals surface area contributed by atoms with Gasteiger partial charge in [0, 0.05) is 35.7 Å². The number of hydrogen-bond donors (Lipinski definition) is 3. The predicted octanol–water partition coefficient (Wildman–Crippen LogP) is 3.30. The van der Waals surface area contributed by atoms with E-state index in [0.717, 1.165) is 12.6 Å². The van der Waals surface area contributed by atoms with Gasteiger partial charge in [-0.05, 0) is 32.1 Å². The number of likely N-dealkylation sites (tertiary alicyclic amines) is 1. The largest absolute Gasteiger partial charge is 0.507 e. The number of likely N-dealkylation sites (N-methyl/N-ethyl adjacent to an activating group) is 1. The fourth-order valence-corrected chi connectivity index (χ4v) is 4.13. The highest BCUT2D eigenvalue weighted by atomic mass is 35.5. The zero-order valence-electron chi connectivity index (χ0n) is 15.2. The first-order valence-corrected chi connectivity index (χ1v) is 9.38. The van der Waals surface area contributed by atoms with Crippen molar-refractivity contribution in [3.63, 3.8) is 0 Å². The molecule has 6 nitrogen and oxygen atoms in total. The summed E-state index contributed by atoms with van der Waals surface area (Å²) in [5.41, 5.74) is 0.492. The normalized spacial score (nSPS) is 20.5. The summed E-state index contributed by atoms with van der Waals surface area (Å²) >= 11 is 6.25. The molecule has 2 heterocycles. The zero-order chi connectivity index (χ0) is 20.0. The van der Waals surface area contributed by atoms with E-state index in [9.17, 15) is 20.1 Å². The number of aromatic hydroxyl groups is 2. The number of fused-ring (bicyclic) bond motifs is 1. The molecule has 146 valence electrons. The van der Waals surface area contributed by atoms with Gasteiger partial charge in [0.25, 0.3) is 0 Å². The molecule has 1 aliphatic rings. The number of rotatable bonds is 2. The van der Waals surface area contributed by atoms with Gasteiger partial charge in [-0.25, -0.2) is 0 Å². The van der Waals surface area contributed by atoms with E-state index in [1.165, 1.54) is 6.07 Å². The third-order valence-electron chi connectivity index (χ3n) is 5.29. The number of phenolic OH excluding ortho intramolecular Hbond substituents is 2. The van der Waals surface area contributed by atoms with Crippen LogP contribution in [0.2, 0.25) is 5.02 Å². The SMILES string of the molecule is CN1CCC(c2c(O)cc(O)c3c(=O)cc(-c4ccccc4Cl)oc23)[C@H](O)C1. The first-order valence-electron chi connectivity index (χ1n) is 9.01. The maximum Gasteiger partial charge on any atom is 0.197 e. The molecule has 1 aliphatic heterocycles. The van der Waals surface area contributed by atoms with Crippen LogP contribution in [-0.2, 0) is 0 Å². The molecule has 4 rings (SSSR count). The first kappa shape index (κ1) is 18.8. The summed E-state index contributed by atoms with van der Waals surface area (Å²) < 4.78 is 6.00. The molecular formula is C21H20ClNO5. The van der Waals surface area contributed by atoms with Crippen LogP contribution in [0, 0.1) is 0 Å². The van der Waals surface area contributed by atoms with Crippen molar-refractivity contribution in [3.05, 3.63) is 57.2 Å². The Morgan fingerprint density at radius 3 is 2.64 bits per heavy atom. The fraction of sp³-hybridized carbons (Fsp3) is 0.286. The Balaban J connectivity index is 2.00. The second-order valence-corrected chi connectivity index (χ2v) is 7.62. The maximum atomic E-state index is 12.8. The lowest BCUT2D eigenvalue weighted by molar-refractivity contribution is 0.0630. The van der Waals surface area contributed by atoms with Gasteiger partial charge < -0.3 is 24.6 Å². The summed E-state index contributed by atoms with van der Waals surface area (Å²) in [6.45, 7) is 1.15. The third kappa shape index (κ3) is 3.13. The van der Waals surface area contributed by atoms with E-state index in [1.807, 2.05) is 11.9 Å². The first-order chi connectivity index (χ1) is 13.4. The number of nitrogens with zero attached hydrogens (tertiary/aromatic N) is 1. The molecule has 1 saturated heterocycles. The molecule has 3 aromatic rings. The Morgan fingerprint density at radius 2 is 1.93 bits per heavy atom. The number of benzene rings is 2. The van der Waals surface area contributed by atoms with Crippen molar-refractivity contribution in [2.75, 3.05) is 20.1 Å². The summed E-state index contributed by atoms with van der Waals surface area (Å²) in [5.74, 6) is -0.767. The Morgan fingerprint density at radius 1 is 1.18 bits per heavy atom. The van der Waals surface area contributed by atoms with E-state index < -0.39 is 17.5 Å². The minimum atomic E-state index is -0.744. The number of β-amino-alcohol motifs (C(OH)–C–C–N with tert-alkyl or cyclic N) is 1. The number of hydrogen-bond acceptors (Lipinski definition) is 6. The van der Waals surface area contributed by atoms with Crippen molar-refractivity contribution < 1.29 is 19.7 Å². The van der Waals surface area contributed by atoms with E-state index in [2.05, 4.69) is 0 Å². The lowest BCUT2D eigenvalue weighted by Gasteiger charge is -2.34. The van der Waals surface area contributed by atoms with E-state index in [4.69, 9.17) is 16.0 Å². The average Bonchev–Trinajstić information content (AvgIpc) is 2.63. The molecule has 0 bridgehead atoms. The van der Waals surface area contributed by atoms with Gasteiger partial charge in [-0.1, -0.05) is 23.7 Å². The highest BCUT2D eigenvalue weighted by Crippen LogP contribution is 2.42. The van der Waals surface area contributed by atoms with Gasteiger partial charge in [0.05, 0.1) is 11.1 Å². The Kier molecular flexibility index (Phi) is 4.79. The molecule has 0 radical (unpaired) electrons. The topological polar surface area (TPSA) is 94.1 Å². The van der Waals surface area contributed by atoms with E-state index in [1.54, 1.807) is 24.3 Å². The highest BCUT2D eigenvalue weighted by Gasteiger charge is 2.33. The van der Waals surface area contributed by atoms with Crippen LogP contribution < -0.4 is 5.43 Å². The van der Waals surface area contributed by atoms with Gasteiger partial charge in [0.2, 0.25) is 0 Å². The van der Waals surface area contributed by atoms with Gasteiger partial charge >= 0.3 is 0 Å². The molecule has 1 unspecified atom stereocenters. The van der Waals surface area contributed by atoms with Crippen LogP contribution in [0.3, 0.4) is 0 Å². The smallest absolute Gasteiger partial charge is 0.197 e. The number of phenols is 2. The van der Waals surface area contributed by atoms with E-state index in [-0.39, 0.29) is 28.2 Å². The minimum absolute atomic E-state index is 0.0188. The van der Waals surface area contributed by atoms with Crippen LogP contribution in [0.4, 0.5) is 0 Å². The summed E-state index contributed by atoms with van der Waals surface area (Å²) in [5, 5.41) is 31.8. The van der Waals surface area contributed by atoms with Crippen LogP contribution in [0.25, 0.3) is 22.3 Å². The van der Waals surface area contributed by atoms with Gasteiger partial charge in [-0.15, -0.1) is 0 Å². The molecule has 3 N–H and O–H groups in total. The maximum absolute atomic E-state index is 12.8. The van der Waals surface area contributed by atoms with Crippen LogP contribution in [0.15, 0.2) is 45.6 Å². The molecule has 0 amide bonds. The molecule has 2 aromatic carbocycles. The number of aliphatic hydroxyl groups excluding tert-OH is 1. The second-order valence-electron chi connectivity index (χ2n) is 7.21. The Labute approximate surface area is 166 Å². The Bertz CT molecular complexity index is 1110. The van der Waals surface area contributed by atoms with E-state index in [0.29, 0.717) is 29.1 Å². The molecule has 1 aromatic heterocycles. The highest BCUT2D eigenvalue weighted by molar-refractivity contribution is 6.33. The number of halogens is 1. The zero-order valence-corrected chi connectivity index (χ0v) is 16.0. The molecule has 0 saturated carbocycles. The van der Waals surface area contributed by atoms with Crippen LogP contribution in [-0.4, -0.2) is 46.5 Å². The predicted molar refractivity (Wildman–Crippen MR) is 107 cm³/mol. The third-order valence-corrected chi connectivity index (χ3v) is 5.62. The fourth-order valence-electron chi connectivity index (χ4n) is 3.90. The van der Waals surface area contributed by atoms with Gasteiger partial charge in [-0.3, -0.25) is 4.79 Å². The van der Waals surface area contributed by atoms with Crippen molar-refractivity contribution >= 4 is 22.6 Å². The summed E-state index contributed by atoms with van der Waals surface area (Å²) in [6, 6.07) is 9.35. The van der Waals surface area contributed by atoms with Crippen LogP contribution in [0.5, 0.6) is 11.5 Å². The molecule has 0 spiro atoms. The molecule has 0 aliphatic carbocycles. The lowest BCUT2D eigenvalue weighted by Crippen LogP contribution is -2.40. The van der Waals surface area contributed by atoms with Gasteiger partial charge in [0.15, 0.2) is 5.43 Å².